The van der Waals surface area contributed by atoms with E-state index in [9.17, 15) is 4.79 Å². The van der Waals surface area contributed by atoms with Crippen LogP contribution in [0.4, 0.5) is 10.8 Å². The minimum absolute atomic E-state index is 0.0614. The van der Waals surface area contributed by atoms with Crippen LogP contribution >= 0.6 is 11.3 Å². The second-order valence-electron chi connectivity index (χ2n) is 10.8. The first-order valence-electron chi connectivity index (χ1n) is 14.4. The Labute approximate surface area is 248 Å². The molecule has 8 nitrogen and oxygen atoms in total. The molecule has 0 unspecified atom stereocenters. The lowest BCUT2D eigenvalue weighted by atomic mass is 9.96. The van der Waals surface area contributed by atoms with Gasteiger partial charge in [0.2, 0.25) is 5.13 Å². The Bertz CT molecular complexity index is 1730. The average molecular weight is 580 g/mol. The number of benzene rings is 2. The van der Waals surface area contributed by atoms with Crippen molar-refractivity contribution in [2.45, 2.75) is 45.4 Å². The maximum atomic E-state index is 13.8. The number of fused-ring (bicyclic) bond motifs is 2. The van der Waals surface area contributed by atoms with Gasteiger partial charge in [-0.2, -0.15) is 0 Å². The van der Waals surface area contributed by atoms with Gasteiger partial charge in [-0.05, 0) is 49.6 Å². The van der Waals surface area contributed by atoms with E-state index in [1.807, 2.05) is 54.0 Å². The highest BCUT2D eigenvalue weighted by Gasteiger charge is 2.29. The highest BCUT2D eigenvalue weighted by Crippen LogP contribution is 2.36. The molecule has 7 rings (SSSR count). The van der Waals surface area contributed by atoms with Gasteiger partial charge < -0.3 is 14.0 Å². The predicted octanol–water partition coefficient (Wildman–Crippen LogP) is 6.02. The van der Waals surface area contributed by atoms with Crippen molar-refractivity contribution in [2.75, 3.05) is 30.0 Å². The van der Waals surface area contributed by atoms with Gasteiger partial charge in [-0.3, -0.25) is 14.8 Å². The molecule has 1 saturated heterocycles. The zero-order valence-corrected chi connectivity index (χ0v) is 24.4. The quantitative estimate of drug-likeness (QED) is 0.244. The molecule has 42 heavy (non-hydrogen) atoms. The molecule has 0 saturated carbocycles. The van der Waals surface area contributed by atoms with Gasteiger partial charge in [-0.25, -0.2) is 9.99 Å². The Kier molecular flexibility index (Phi) is 7.46. The van der Waals surface area contributed by atoms with E-state index in [2.05, 4.69) is 40.3 Å². The second kappa shape index (κ2) is 11.7. The number of para-hydroxylation sites is 1. The van der Waals surface area contributed by atoms with E-state index in [0.717, 1.165) is 75.3 Å². The second-order valence-corrected chi connectivity index (χ2v) is 11.9. The minimum Gasteiger partial charge on any atom is -0.381 e. The normalized spacial score (nSPS) is 16.0. The first-order valence-corrected chi connectivity index (χ1v) is 15.2. The van der Waals surface area contributed by atoms with E-state index in [1.54, 1.807) is 17.4 Å². The fourth-order valence-electron chi connectivity index (χ4n) is 5.86. The number of nitrogens with zero attached hydrogens (tertiary/aromatic N) is 5. The van der Waals surface area contributed by atoms with Crippen LogP contribution in [0.5, 0.6) is 0 Å². The predicted molar refractivity (Wildman–Crippen MR) is 166 cm³/mol. The average Bonchev–Trinajstić information content (AvgIpc) is 3.38. The molecule has 2 aliphatic rings. The number of hydrogen-bond donors (Lipinski definition) is 0. The van der Waals surface area contributed by atoms with Crippen LogP contribution in [0.25, 0.3) is 10.2 Å². The van der Waals surface area contributed by atoms with Gasteiger partial charge in [-0.15, -0.1) is 0 Å². The van der Waals surface area contributed by atoms with Crippen molar-refractivity contribution in [2.24, 2.45) is 0 Å². The Morgan fingerprint density at radius 2 is 1.71 bits per heavy atom. The maximum absolute atomic E-state index is 13.8. The molecule has 0 bridgehead atoms. The summed E-state index contributed by atoms with van der Waals surface area (Å²) in [6.07, 6.45) is 1.96. The summed E-state index contributed by atoms with van der Waals surface area (Å²) in [7, 11) is 0. The topological polar surface area (TPSA) is 72.7 Å². The van der Waals surface area contributed by atoms with E-state index in [1.165, 1.54) is 0 Å². The number of hydrogen-bond acceptors (Lipinski definition) is 8. The summed E-state index contributed by atoms with van der Waals surface area (Å²) >= 11 is 1.62. The van der Waals surface area contributed by atoms with Gasteiger partial charge in [0.1, 0.15) is 6.73 Å². The first kappa shape index (κ1) is 26.8. The zero-order chi connectivity index (χ0) is 28.5. The van der Waals surface area contributed by atoms with E-state index < -0.39 is 0 Å². The molecule has 0 aliphatic carbocycles. The largest absolute Gasteiger partial charge is 0.381 e. The third-order valence-electron chi connectivity index (χ3n) is 8.17. The molecule has 0 N–H and O–H groups in total. The number of anilines is 2. The summed E-state index contributed by atoms with van der Waals surface area (Å²) in [5, 5.41) is 5.04. The molecule has 2 aromatic carbocycles. The van der Waals surface area contributed by atoms with E-state index in [0.29, 0.717) is 32.3 Å². The minimum atomic E-state index is -0.0614. The number of aromatic nitrogens is 3. The number of pyridine rings is 2. The molecule has 0 spiro atoms. The lowest BCUT2D eigenvalue weighted by molar-refractivity contribution is 0.0844. The van der Waals surface area contributed by atoms with Crippen LogP contribution in [0, 0.1) is 6.92 Å². The van der Waals surface area contributed by atoms with Crippen molar-refractivity contribution in [3.05, 3.63) is 117 Å². The van der Waals surface area contributed by atoms with Gasteiger partial charge in [-0.1, -0.05) is 59.9 Å². The molecular formula is C33H33N5O3S. The third kappa shape index (κ3) is 5.31. The molecular weight excluding hydrogens is 546 g/mol. The molecule has 0 atom stereocenters. The van der Waals surface area contributed by atoms with Crippen LogP contribution < -0.4 is 15.6 Å². The van der Waals surface area contributed by atoms with Crippen molar-refractivity contribution in [3.63, 3.8) is 0 Å². The van der Waals surface area contributed by atoms with Crippen LogP contribution in [-0.4, -0.2) is 34.5 Å². The Morgan fingerprint density at radius 1 is 0.905 bits per heavy atom. The molecule has 9 heteroatoms. The van der Waals surface area contributed by atoms with Gasteiger partial charge in [0, 0.05) is 42.1 Å². The van der Waals surface area contributed by atoms with Crippen LogP contribution in [-0.2, 0) is 29.2 Å². The maximum Gasteiger partial charge on any atom is 0.253 e. The van der Waals surface area contributed by atoms with Crippen LogP contribution in [0.2, 0.25) is 0 Å². The number of rotatable bonds is 6. The number of ether oxygens (including phenoxy) is 2. The van der Waals surface area contributed by atoms with Crippen LogP contribution in [0.15, 0.2) is 83.7 Å². The fourth-order valence-corrected chi connectivity index (χ4v) is 6.82. The molecule has 0 radical (unpaired) electrons. The SMILES string of the molecule is Cc1c2c(cc(=O)n1Cc1cccc(C3CCOCC3)n1)N(Cc1ccccc1)N(c1nc3ccccc3s1)COC2. The molecule has 3 aromatic heterocycles. The summed E-state index contributed by atoms with van der Waals surface area (Å²) in [6.45, 7) is 5.26. The smallest absolute Gasteiger partial charge is 0.253 e. The Balaban J connectivity index is 1.27. The number of hydrazine groups is 1. The molecule has 5 heterocycles. The molecule has 2 aliphatic heterocycles. The van der Waals surface area contributed by atoms with Gasteiger partial charge in [0.15, 0.2) is 0 Å². The number of thiazole rings is 1. The van der Waals surface area contributed by atoms with E-state index >= 15 is 0 Å². The zero-order valence-electron chi connectivity index (χ0n) is 23.6. The molecule has 5 aromatic rings. The van der Waals surface area contributed by atoms with Crippen molar-refractivity contribution >= 4 is 32.4 Å². The first-order chi connectivity index (χ1) is 20.6. The van der Waals surface area contributed by atoms with Crippen molar-refractivity contribution in [1.29, 1.82) is 0 Å². The van der Waals surface area contributed by atoms with Crippen molar-refractivity contribution in [3.8, 4) is 0 Å². The van der Waals surface area contributed by atoms with E-state index in [-0.39, 0.29) is 5.56 Å². The van der Waals surface area contributed by atoms with Crippen LogP contribution in [0.1, 0.15) is 47.0 Å². The summed E-state index contributed by atoms with van der Waals surface area (Å²) in [5.74, 6) is 0.400. The van der Waals surface area contributed by atoms with E-state index in [4.69, 9.17) is 19.4 Å². The lowest BCUT2D eigenvalue weighted by Gasteiger charge is -2.35. The highest BCUT2D eigenvalue weighted by atomic mass is 32.1. The summed E-state index contributed by atoms with van der Waals surface area (Å²) < 4.78 is 14.8. The Hall–Kier alpha value is -4.05. The van der Waals surface area contributed by atoms with Crippen LogP contribution in [0.3, 0.4) is 0 Å². The lowest BCUT2D eigenvalue weighted by Crippen LogP contribution is -2.43. The summed E-state index contributed by atoms with van der Waals surface area (Å²) in [5.41, 5.74) is 6.72. The summed E-state index contributed by atoms with van der Waals surface area (Å²) in [6, 6.07) is 26.3. The standard InChI is InChI=1S/C33H33N5O3S/c1-23-27-21-41-22-38(33-35-29-11-5-6-13-31(29)42-33)37(19-24-8-3-2-4-9-24)30(27)18-32(39)36(23)20-26-10-7-12-28(34-26)25-14-16-40-17-15-25/h2-13,18,25H,14-17,19-22H2,1H3. The third-order valence-corrected chi connectivity index (χ3v) is 9.22. The van der Waals surface area contributed by atoms with Gasteiger partial charge in [0.05, 0.1) is 41.3 Å². The fraction of sp³-hybridized carbons (Fsp3) is 0.303. The van der Waals surface area contributed by atoms with Gasteiger partial charge >= 0.3 is 0 Å². The van der Waals surface area contributed by atoms with Crippen molar-refractivity contribution in [1.82, 2.24) is 14.5 Å². The summed E-state index contributed by atoms with van der Waals surface area (Å²) in [4.78, 5) is 23.7. The van der Waals surface area contributed by atoms with Crippen molar-refractivity contribution < 1.29 is 9.47 Å². The molecule has 0 amide bonds. The van der Waals surface area contributed by atoms with Gasteiger partial charge in [0.25, 0.3) is 5.56 Å². The Morgan fingerprint density at radius 3 is 2.55 bits per heavy atom. The monoisotopic (exact) mass is 579 g/mol. The highest BCUT2D eigenvalue weighted by molar-refractivity contribution is 7.22. The molecule has 214 valence electrons. The molecule has 1 fully saturated rings.